The fourth-order valence-corrected chi connectivity index (χ4v) is 4.78. The molecule has 2 aliphatic rings. The minimum Gasteiger partial charge on any atom is -0.356 e. The zero-order chi connectivity index (χ0) is 13.9. The van der Waals surface area contributed by atoms with Crippen molar-refractivity contribution in [2.75, 3.05) is 11.9 Å². The van der Waals surface area contributed by atoms with Gasteiger partial charge >= 0.3 is 0 Å². The summed E-state index contributed by atoms with van der Waals surface area (Å²) in [4.78, 5) is 12.4. The van der Waals surface area contributed by atoms with E-state index in [1.807, 2.05) is 0 Å². The summed E-state index contributed by atoms with van der Waals surface area (Å²) in [6.45, 7) is 5.37. The monoisotopic (exact) mass is 329 g/mol. The lowest BCUT2D eigenvalue weighted by Gasteiger charge is -2.32. The van der Waals surface area contributed by atoms with Crippen LogP contribution in [0.4, 0.5) is 0 Å². The van der Waals surface area contributed by atoms with Gasteiger partial charge in [0, 0.05) is 17.8 Å². The Morgan fingerprint density at radius 1 is 1.16 bits per heavy atom. The molecule has 19 heavy (non-hydrogen) atoms. The Labute approximate surface area is 126 Å². The molecule has 0 radical (unpaired) electrons. The smallest absolute Gasteiger partial charge is 0.223 e. The quantitative estimate of drug-likeness (QED) is 0.772. The molecule has 3 atom stereocenters. The summed E-state index contributed by atoms with van der Waals surface area (Å²) in [6, 6.07) is 0. The average Bonchev–Trinajstić information content (AvgIpc) is 2.76. The van der Waals surface area contributed by atoms with Gasteiger partial charge in [-0.25, -0.2) is 0 Å². The van der Waals surface area contributed by atoms with E-state index in [1.54, 1.807) is 0 Å². The van der Waals surface area contributed by atoms with E-state index in [2.05, 4.69) is 35.1 Å². The topological polar surface area (TPSA) is 29.1 Å². The van der Waals surface area contributed by atoms with Crippen molar-refractivity contribution in [3.8, 4) is 0 Å². The second kappa shape index (κ2) is 6.60. The minimum absolute atomic E-state index is 0.200. The molecule has 3 heteroatoms. The number of hydrogen-bond donors (Lipinski definition) is 1. The van der Waals surface area contributed by atoms with Crippen LogP contribution in [0.25, 0.3) is 0 Å². The van der Waals surface area contributed by atoms with Gasteiger partial charge in [0.2, 0.25) is 5.91 Å². The Bertz CT molecular complexity index is 316. The molecule has 2 saturated carbocycles. The Hall–Kier alpha value is -0.0500. The molecule has 2 aliphatic carbocycles. The third-order valence-corrected chi connectivity index (χ3v) is 6.21. The first-order valence-corrected chi connectivity index (χ1v) is 9.00. The van der Waals surface area contributed by atoms with Gasteiger partial charge in [0.05, 0.1) is 0 Å². The molecular weight excluding hydrogens is 302 g/mol. The van der Waals surface area contributed by atoms with Crippen molar-refractivity contribution >= 4 is 21.8 Å². The number of hydrogen-bond acceptors (Lipinski definition) is 1. The van der Waals surface area contributed by atoms with Gasteiger partial charge in [-0.05, 0) is 42.9 Å². The standard InChI is InChI=1S/C16H28BrNO/c1-16(2)9-5-8-14(16)15(19)18-11-13-7-4-3-6-12(13)10-17/h12-14H,3-11H2,1-2H3,(H,18,19). The number of nitrogens with one attached hydrogen (secondary N) is 1. The summed E-state index contributed by atoms with van der Waals surface area (Å²) in [7, 11) is 0. The highest BCUT2D eigenvalue weighted by atomic mass is 79.9. The molecule has 0 spiro atoms. The van der Waals surface area contributed by atoms with E-state index in [1.165, 1.54) is 38.5 Å². The van der Waals surface area contributed by atoms with Crippen LogP contribution < -0.4 is 5.32 Å². The third-order valence-electron chi connectivity index (χ3n) is 5.38. The predicted octanol–water partition coefficient (Wildman–Crippen LogP) is 4.13. The summed E-state index contributed by atoms with van der Waals surface area (Å²) >= 11 is 3.63. The molecule has 0 aromatic carbocycles. The number of rotatable bonds is 4. The van der Waals surface area contributed by atoms with Crippen molar-refractivity contribution in [2.45, 2.75) is 58.8 Å². The minimum atomic E-state index is 0.200. The van der Waals surface area contributed by atoms with E-state index in [0.717, 1.165) is 24.2 Å². The maximum Gasteiger partial charge on any atom is 0.223 e. The lowest BCUT2D eigenvalue weighted by Crippen LogP contribution is -2.40. The molecule has 1 amide bonds. The largest absolute Gasteiger partial charge is 0.356 e. The highest BCUT2D eigenvalue weighted by Crippen LogP contribution is 2.42. The molecule has 3 unspecified atom stereocenters. The van der Waals surface area contributed by atoms with Gasteiger partial charge in [-0.3, -0.25) is 4.79 Å². The van der Waals surface area contributed by atoms with Gasteiger partial charge in [0.15, 0.2) is 0 Å². The molecule has 0 aromatic heterocycles. The summed E-state index contributed by atoms with van der Waals surface area (Å²) in [5.74, 6) is 1.98. The number of alkyl halides is 1. The van der Waals surface area contributed by atoms with Crippen molar-refractivity contribution < 1.29 is 4.79 Å². The summed E-state index contributed by atoms with van der Waals surface area (Å²) < 4.78 is 0. The number of halogens is 1. The normalized spacial score (nSPS) is 34.2. The van der Waals surface area contributed by atoms with Crippen LogP contribution in [0.1, 0.15) is 58.8 Å². The van der Waals surface area contributed by atoms with Gasteiger partial charge in [-0.15, -0.1) is 0 Å². The first-order valence-electron chi connectivity index (χ1n) is 7.88. The van der Waals surface area contributed by atoms with Gasteiger partial charge < -0.3 is 5.32 Å². The van der Waals surface area contributed by atoms with E-state index < -0.39 is 0 Å². The molecule has 2 rings (SSSR count). The molecule has 2 fully saturated rings. The lowest BCUT2D eigenvalue weighted by atomic mass is 9.79. The van der Waals surface area contributed by atoms with Crippen LogP contribution >= 0.6 is 15.9 Å². The van der Waals surface area contributed by atoms with E-state index in [0.29, 0.717) is 11.8 Å². The highest BCUT2D eigenvalue weighted by Gasteiger charge is 2.39. The van der Waals surface area contributed by atoms with Crippen LogP contribution in [-0.2, 0) is 4.79 Å². The van der Waals surface area contributed by atoms with Gasteiger partial charge in [0.1, 0.15) is 0 Å². The number of carbonyl (C=O) groups is 1. The SMILES string of the molecule is CC1(C)CCCC1C(=O)NCC1CCCCC1CBr. The second-order valence-corrected chi connectivity index (χ2v) is 7.78. The van der Waals surface area contributed by atoms with Crippen molar-refractivity contribution in [3.63, 3.8) is 0 Å². The van der Waals surface area contributed by atoms with Crippen LogP contribution in [0.2, 0.25) is 0 Å². The van der Waals surface area contributed by atoms with Crippen LogP contribution in [0.15, 0.2) is 0 Å². The van der Waals surface area contributed by atoms with Crippen LogP contribution in [0, 0.1) is 23.2 Å². The van der Waals surface area contributed by atoms with E-state index >= 15 is 0 Å². The molecule has 0 heterocycles. The fraction of sp³-hybridized carbons (Fsp3) is 0.938. The molecular formula is C16H28BrNO. The Morgan fingerprint density at radius 3 is 2.42 bits per heavy atom. The van der Waals surface area contributed by atoms with Gasteiger partial charge in [-0.2, -0.15) is 0 Å². The first kappa shape index (κ1) is 15.3. The highest BCUT2D eigenvalue weighted by molar-refractivity contribution is 9.09. The number of carbonyl (C=O) groups excluding carboxylic acids is 1. The maximum atomic E-state index is 12.4. The molecule has 2 nitrogen and oxygen atoms in total. The summed E-state index contributed by atoms with van der Waals surface area (Å²) in [5, 5.41) is 4.34. The van der Waals surface area contributed by atoms with Crippen LogP contribution in [0.5, 0.6) is 0 Å². The summed E-state index contributed by atoms with van der Waals surface area (Å²) in [6.07, 6.45) is 8.77. The van der Waals surface area contributed by atoms with Crippen LogP contribution in [0.3, 0.4) is 0 Å². The zero-order valence-electron chi connectivity index (χ0n) is 12.4. The molecule has 0 aliphatic heterocycles. The van der Waals surface area contributed by atoms with Gasteiger partial charge in [0.25, 0.3) is 0 Å². The van der Waals surface area contributed by atoms with E-state index in [9.17, 15) is 4.79 Å². The summed E-state index contributed by atoms with van der Waals surface area (Å²) in [5.41, 5.74) is 0.200. The maximum absolute atomic E-state index is 12.4. The third kappa shape index (κ3) is 3.74. The molecule has 1 N–H and O–H groups in total. The molecule has 0 saturated heterocycles. The van der Waals surface area contributed by atoms with Gasteiger partial charge in [-0.1, -0.05) is 49.0 Å². The van der Waals surface area contributed by atoms with Crippen molar-refractivity contribution in [1.82, 2.24) is 5.32 Å². The van der Waals surface area contributed by atoms with Crippen molar-refractivity contribution in [3.05, 3.63) is 0 Å². The molecule has 0 bridgehead atoms. The fourth-order valence-electron chi connectivity index (χ4n) is 3.92. The second-order valence-electron chi connectivity index (χ2n) is 7.14. The predicted molar refractivity (Wildman–Crippen MR) is 83.4 cm³/mol. The Morgan fingerprint density at radius 2 is 1.84 bits per heavy atom. The van der Waals surface area contributed by atoms with E-state index in [4.69, 9.17) is 0 Å². The molecule has 110 valence electrons. The van der Waals surface area contributed by atoms with Crippen molar-refractivity contribution in [1.29, 1.82) is 0 Å². The lowest BCUT2D eigenvalue weighted by molar-refractivity contribution is -0.127. The van der Waals surface area contributed by atoms with E-state index in [-0.39, 0.29) is 11.3 Å². The zero-order valence-corrected chi connectivity index (χ0v) is 14.0. The van der Waals surface area contributed by atoms with Crippen LogP contribution in [-0.4, -0.2) is 17.8 Å². The Kier molecular flexibility index (Phi) is 5.33. The Balaban J connectivity index is 1.82. The number of amides is 1. The van der Waals surface area contributed by atoms with Crippen molar-refractivity contribution in [2.24, 2.45) is 23.2 Å². The first-order chi connectivity index (χ1) is 9.04. The molecule has 0 aromatic rings. The average molecular weight is 330 g/mol.